The minimum atomic E-state index is -0.280. The van der Waals surface area contributed by atoms with E-state index in [9.17, 15) is 4.39 Å². The van der Waals surface area contributed by atoms with Gasteiger partial charge in [-0.2, -0.15) is 9.78 Å². The highest BCUT2D eigenvalue weighted by atomic mass is 19.1. The van der Waals surface area contributed by atoms with Crippen LogP contribution in [0.5, 0.6) is 0 Å². The Morgan fingerprint density at radius 2 is 1.88 bits per heavy atom. The van der Waals surface area contributed by atoms with Crippen molar-refractivity contribution in [1.82, 2.24) is 20.2 Å². The summed E-state index contributed by atoms with van der Waals surface area (Å²) in [6.45, 7) is 2.11. The van der Waals surface area contributed by atoms with Gasteiger partial charge in [0.15, 0.2) is 5.82 Å². The Hall–Kier alpha value is -3.09. The summed E-state index contributed by atoms with van der Waals surface area (Å²) in [5.74, 6) is 0.404. The first-order valence-electron chi connectivity index (χ1n) is 7.66. The lowest BCUT2D eigenvalue weighted by molar-refractivity contribution is 0.628. The van der Waals surface area contributed by atoms with E-state index < -0.39 is 0 Å². The van der Waals surface area contributed by atoms with Gasteiger partial charge in [-0.15, -0.1) is 5.10 Å². The molecule has 6 nitrogen and oxygen atoms in total. The average molecular weight is 324 g/mol. The van der Waals surface area contributed by atoms with E-state index in [2.05, 4.69) is 45.1 Å². The maximum absolute atomic E-state index is 12.8. The molecule has 0 spiro atoms. The first-order valence-corrected chi connectivity index (χ1v) is 7.66. The fraction of sp³-hybridized carbons (Fsp3) is 0.176. The lowest BCUT2D eigenvalue weighted by Crippen LogP contribution is -2.04. The summed E-state index contributed by atoms with van der Waals surface area (Å²) >= 11 is 0. The van der Waals surface area contributed by atoms with E-state index in [1.54, 1.807) is 23.0 Å². The fourth-order valence-corrected chi connectivity index (χ4v) is 2.18. The number of tetrazole rings is 1. The Bertz CT molecular complexity index is 808. The zero-order valence-electron chi connectivity index (χ0n) is 13.2. The van der Waals surface area contributed by atoms with E-state index in [1.807, 2.05) is 12.1 Å². The van der Waals surface area contributed by atoms with Crippen molar-refractivity contribution in [1.29, 1.82) is 0 Å². The summed E-state index contributed by atoms with van der Waals surface area (Å²) in [7, 11) is 0. The number of anilines is 1. The Balaban J connectivity index is 1.64. The molecule has 0 atom stereocenters. The van der Waals surface area contributed by atoms with Crippen molar-refractivity contribution in [3.8, 4) is 5.69 Å². The minimum absolute atomic E-state index is 0.280. The lowest BCUT2D eigenvalue weighted by Gasteiger charge is -2.04. The van der Waals surface area contributed by atoms with Crippen molar-refractivity contribution in [2.75, 3.05) is 5.43 Å². The molecule has 3 rings (SSSR count). The van der Waals surface area contributed by atoms with Crippen LogP contribution < -0.4 is 5.43 Å². The molecule has 0 saturated heterocycles. The molecule has 7 heteroatoms. The molecule has 2 aromatic carbocycles. The predicted molar refractivity (Wildman–Crippen MR) is 90.8 cm³/mol. The van der Waals surface area contributed by atoms with Gasteiger partial charge in [0.1, 0.15) is 5.82 Å². The highest BCUT2D eigenvalue weighted by Crippen LogP contribution is 2.11. The Morgan fingerprint density at radius 1 is 1.12 bits per heavy atom. The SMILES string of the molecule is CCc1ccc(-n2nnnc2C/C=N\Nc2ccc(F)cc2)cc1. The van der Waals surface area contributed by atoms with E-state index in [0.29, 0.717) is 17.9 Å². The monoisotopic (exact) mass is 324 g/mol. The van der Waals surface area contributed by atoms with Gasteiger partial charge in [0.05, 0.1) is 11.4 Å². The summed E-state index contributed by atoms with van der Waals surface area (Å²) in [5, 5.41) is 15.9. The molecule has 1 heterocycles. The van der Waals surface area contributed by atoms with Gasteiger partial charge < -0.3 is 0 Å². The first kappa shape index (κ1) is 15.8. The average Bonchev–Trinajstić information content (AvgIpc) is 3.09. The van der Waals surface area contributed by atoms with Crippen LogP contribution in [0, 0.1) is 5.82 Å². The molecule has 0 aliphatic heterocycles. The molecule has 0 bridgehead atoms. The highest BCUT2D eigenvalue weighted by Gasteiger charge is 2.06. The van der Waals surface area contributed by atoms with Crippen molar-refractivity contribution in [2.45, 2.75) is 19.8 Å². The number of hydrogen-bond donors (Lipinski definition) is 1. The van der Waals surface area contributed by atoms with Crippen molar-refractivity contribution in [3.05, 3.63) is 65.7 Å². The standard InChI is InChI=1S/C17H17FN6/c1-2-13-3-9-16(10-4-13)24-17(21-22-23-24)11-12-19-20-15-7-5-14(18)6-8-15/h3-10,12,20H,2,11H2,1H3/b19-12-. The van der Waals surface area contributed by atoms with Crippen LogP contribution in [-0.4, -0.2) is 26.4 Å². The molecule has 1 N–H and O–H groups in total. The molecular formula is C17H17FN6. The van der Waals surface area contributed by atoms with Gasteiger partial charge in [-0.05, 0) is 58.8 Å². The van der Waals surface area contributed by atoms with Crippen LogP contribution in [0.2, 0.25) is 0 Å². The third-order valence-corrected chi connectivity index (χ3v) is 3.53. The molecule has 0 fully saturated rings. The Morgan fingerprint density at radius 3 is 2.58 bits per heavy atom. The largest absolute Gasteiger partial charge is 0.279 e. The lowest BCUT2D eigenvalue weighted by atomic mass is 10.1. The molecule has 122 valence electrons. The number of aryl methyl sites for hydroxylation is 1. The van der Waals surface area contributed by atoms with Gasteiger partial charge in [0, 0.05) is 12.6 Å². The third-order valence-electron chi connectivity index (χ3n) is 3.53. The number of nitrogens with zero attached hydrogens (tertiary/aromatic N) is 5. The van der Waals surface area contributed by atoms with Gasteiger partial charge in [-0.3, -0.25) is 5.43 Å². The molecule has 0 radical (unpaired) electrons. The second-order valence-electron chi connectivity index (χ2n) is 5.16. The highest BCUT2D eigenvalue weighted by molar-refractivity contribution is 5.62. The number of aromatic nitrogens is 4. The van der Waals surface area contributed by atoms with Crippen LogP contribution in [0.3, 0.4) is 0 Å². The van der Waals surface area contributed by atoms with Gasteiger partial charge >= 0.3 is 0 Å². The normalized spacial score (nSPS) is 11.1. The number of halogens is 1. The summed E-state index contributed by atoms with van der Waals surface area (Å²) in [6, 6.07) is 14.1. The molecule has 0 unspecified atom stereocenters. The third kappa shape index (κ3) is 3.81. The van der Waals surface area contributed by atoms with Gasteiger partial charge in [-0.25, -0.2) is 4.39 Å². The van der Waals surface area contributed by atoms with E-state index in [1.165, 1.54) is 17.7 Å². The van der Waals surface area contributed by atoms with Gasteiger partial charge in [0.25, 0.3) is 0 Å². The van der Waals surface area contributed by atoms with Crippen LogP contribution in [-0.2, 0) is 12.8 Å². The molecule has 1 aromatic heterocycles. The number of hydrogen-bond acceptors (Lipinski definition) is 5. The van der Waals surface area contributed by atoms with Crippen LogP contribution >= 0.6 is 0 Å². The summed E-state index contributed by atoms with van der Waals surface area (Å²) in [4.78, 5) is 0. The van der Waals surface area contributed by atoms with Gasteiger partial charge in [-0.1, -0.05) is 19.1 Å². The molecular weight excluding hydrogens is 307 g/mol. The number of rotatable bonds is 6. The van der Waals surface area contributed by atoms with Crippen LogP contribution in [0.1, 0.15) is 18.3 Å². The smallest absolute Gasteiger partial charge is 0.162 e. The number of hydrazone groups is 1. The summed E-state index contributed by atoms with van der Waals surface area (Å²) in [5.41, 5.74) is 5.72. The van der Waals surface area contributed by atoms with E-state index in [0.717, 1.165) is 12.1 Å². The second kappa shape index (κ2) is 7.45. The molecule has 0 amide bonds. The maximum Gasteiger partial charge on any atom is 0.162 e. The van der Waals surface area contributed by atoms with E-state index >= 15 is 0 Å². The molecule has 0 aliphatic carbocycles. The molecule has 24 heavy (non-hydrogen) atoms. The van der Waals surface area contributed by atoms with Crippen molar-refractivity contribution in [2.24, 2.45) is 5.10 Å². The summed E-state index contributed by atoms with van der Waals surface area (Å²) < 4.78 is 14.5. The zero-order valence-corrected chi connectivity index (χ0v) is 13.2. The van der Waals surface area contributed by atoms with Crippen molar-refractivity contribution < 1.29 is 4.39 Å². The topological polar surface area (TPSA) is 68.0 Å². The molecule has 3 aromatic rings. The van der Waals surface area contributed by atoms with Crippen molar-refractivity contribution in [3.63, 3.8) is 0 Å². The van der Waals surface area contributed by atoms with Crippen LogP contribution in [0.25, 0.3) is 5.69 Å². The Kier molecular flexibility index (Phi) is 4.90. The number of benzene rings is 2. The Labute approximate surface area is 139 Å². The number of nitrogens with one attached hydrogen (secondary N) is 1. The molecule has 0 saturated carbocycles. The quantitative estimate of drug-likeness (QED) is 0.559. The maximum atomic E-state index is 12.8. The minimum Gasteiger partial charge on any atom is -0.279 e. The van der Waals surface area contributed by atoms with E-state index in [4.69, 9.17) is 0 Å². The zero-order chi connectivity index (χ0) is 16.8. The predicted octanol–water partition coefficient (Wildman–Crippen LogP) is 3.00. The van der Waals surface area contributed by atoms with E-state index in [-0.39, 0.29) is 5.82 Å². The van der Waals surface area contributed by atoms with Gasteiger partial charge in [0.2, 0.25) is 0 Å². The first-order chi connectivity index (χ1) is 11.8. The summed E-state index contributed by atoms with van der Waals surface area (Å²) in [6.07, 6.45) is 3.13. The van der Waals surface area contributed by atoms with Crippen LogP contribution in [0.4, 0.5) is 10.1 Å². The second-order valence-corrected chi connectivity index (χ2v) is 5.16. The fourth-order valence-electron chi connectivity index (χ4n) is 2.18. The molecule has 0 aliphatic rings. The van der Waals surface area contributed by atoms with Crippen molar-refractivity contribution >= 4 is 11.9 Å². The van der Waals surface area contributed by atoms with Crippen LogP contribution in [0.15, 0.2) is 53.6 Å².